The highest BCUT2D eigenvalue weighted by Gasteiger charge is 2.33. The molecule has 206 valence electrons. The first-order valence-electron chi connectivity index (χ1n) is 11.9. The molecule has 2 N–H and O–H groups in total. The van der Waals surface area contributed by atoms with E-state index in [2.05, 4.69) is 20.1 Å². The van der Waals surface area contributed by atoms with Gasteiger partial charge in [0.2, 0.25) is 0 Å². The van der Waals surface area contributed by atoms with Gasteiger partial charge >= 0.3 is 6.36 Å². The average molecular weight is 562 g/mol. The molecule has 0 saturated carbocycles. The fourth-order valence-electron chi connectivity index (χ4n) is 4.25. The molecule has 4 aromatic rings. The summed E-state index contributed by atoms with van der Waals surface area (Å²) in [5.41, 5.74) is 1.93. The van der Waals surface area contributed by atoms with Crippen molar-refractivity contribution in [2.75, 3.05) is 32.5 Å². The Morgan fingerprint density at radius 1 is 1.18 bits per heavy atom. The van der Waals surface area contributed by atoms with E-state index < -0.39 is 18.0 Å². The highest BCUT2D eigenvalue weighted by atomic mass is 32.2. The lowest BCUT2D eigenvalue weighted by molar-refractivity contribution is -0.274. The average Bonchev–Trinajstić information content (AvgIpc) is 3.34. The van der Waals surface area contributed by atoms with Crippen molar-refractivity contribution in [3.63, 3.8) is 0 Å². The summed E-state index contributed by atoms with van der Waals surface area (Å²) in [6.07, 6.45) is -4.00. The van der Waals surface area contributed by atoms with Gasteiger partial charge in [0.25, 0.3) is 5.91 Å². The molecule has 0 atom stereocenters. The Morgan fingerprint density at radius 3 is 2.64 bits per heavy atom. The zero-order valence-corrected chi connectivity index (χ0v) is 21.7. The van der Waals surface area contributed by atoms with E-state index in [1.165, 1.54) is 18.2 Å². The number of aliphatic hydroxyl groups is 1. The monoisotopic (exact) mass is 561 g/mol. The second kappa shape index (κ2) is 12.5. The van der Waals surface area contributed by atoms with Crippen LogP contribution in [0.15, 0.2) is 59.8 Å². The Morgan fingerprint density at radius 2 is 1.90 bits per heavy atom. The van der Waals surface area contributed by atoms with Crippen LogP contribution in [0.1, 0.15) is 16.1 Å². The van der Waals surface area contributed by atoms with Crippen molar-refractivity contribution in [3.05, 3.63) is 65.9 Å². The number of fused-ring (bicyclic) bond motifs is 3. The smallest absolute Gasteiger partial charge is 0.405 e. The van der Waals surface area contributed by atoms with Gasteiger partial charge in [0, 0.05) is 31.3 Å². The van der Waals surface area contributed by atoms with E-state index in [1.54, 1.807) is 16.3 Å². The van der Waals surface area contributed by atoms with Crippen LogP contribution in [0.3, 0.4) is 0 Å². The number of nitrogens with one attached hydrogen (secondary N) is 1. The maximum atomic E-state index is 12.7. The van der Waals surface area contributed by atoms with Gasteiger partial charge in [0.05, 0.1) is 35.4 Å². The number of thioether (sulfide) groups is 1. The number of ether oxygens (including phenoxy) is 1. The van der Waals surface area contributed by atoms with Crippen molar-refractivity contribution in [3.8, 4) is 5.75 Å². The quantitative estimate of drug-likeness (QED) is 0.182. The van der Waals surface area contributed by atoms with Crippen molar-refractivity contribution in [2.24, 2.45) is 5.92 Å². The zero-order chi connectivity index (χ0) is 28.0. The number of likely N-dealkylation sites (tertiary alicyclic amines) is 1. The molecule has 0 unspecified atom stereocenters. The highest BCUT2D eigenvalue weighted by molar-refractivity contribution is 7.99. The van der Waals surface area contributed by atoms with Crippen LogP contribution in [-0.4, -0.2) is 75.7 Å². The van der Waals surface area contributed by atoms with Crippen LogP contribution in [0.5, 0.6) is 5.75 Å². The van der Waals surface area contributed by atoms with Crippen molar-refractivity contribution in [2.45, 2.75) is 18.1 Å². The predicted octanol–water partition coefficient (Wildman–Crippen LogP) is 3.54. The molecule has 13 heteroatoms. The number of nitrogens with zero attached hydrogens (tertiary/aromatic N) is 4. The second-order valence-electron chi connectivity index (χ2n) is 8.63. The van der Waals surface area contributed by atoms with Crippen LogP contribution < -0.4 is 10.1 Å². The van der Waals surface area contributed by atoms with E-state index in [4.69, 9.17) is 10.1 Å². The van der Waals surface area contributed by atoms with Crippen LogP contribution in [0.25, 0.3) is 16.4 Å². The number of hydrogen-bond acceptors (Lipinski definition) is 8. The lowest BCUT2D eigenvalue weighted by Gasteiger charge is -2.37. The third-order valence-electron chi connectivity index (χ3n) is 5.94. The van der Waals surface area contributed by atoms with E-state index in [-0.39, 0.29) is 12.1 Å². The van der Waals surface area contributed by atoms with Crippen LogP contribution in [0, 0.1) is 5.92 Å². The Bertz CT molecular complexity index is 1460. The summed E-state index contributed by atoms with van der Waals surface area (Å²) in [4.78, 5) is 30.2. The van der Waals surface area contributed by atoms with Crippen molar-refractivity contribution in [1.82, 2.24) is 24.8 Å². The third-order valence-corrected chi connectivity index (χ3v) is 7.10. The summed E-state index contributed by atoms with van der Waals surface area (Å²) in [6.45, 7) is 2.17. The van der Waals surface area contributed by atoms with Gasteiger partial charge in [0.15, 0.2) is 5.16 Å². The molecule has 0 spiro atoms. The third kappa shape index (κ3) is 6.85. The SMILES string of the molecule is CO.O=CCN1CC(CSc2nc3ccccc3c3cc(CNC(=O)c4ccccc4OC(F)(F)F)nn23)C1. The number of alkyl halides is 3. The van der Waals surface area contributed by atoms with E-state index in [0.29, 0.717) is 23.3 Å². The van der Waals surface area contributed by atoms with Crippen LogP contribution in [0.4, 0.5) is 13.2 Å². The molecule has 9 nitrogen and oxygen atoms in total. The summed E-state index contributed by atoms with van der Waals surface area (Å²) in [7, 11) is 1.00. The summed E-state index contributed by atoms with van der Waals surface area (Å²) >= 11 is 1.57. The van der Waals surface area contributed by atoms with Gasteiger partial charge in [-0.3, -0.25) is 9.69 Å². The Labute approximate surface area is 226 Å². The molecule has 5 rings (SSSR count). The number of amides is 1. The number of carbonyl (C=O) groups is 2. The molecule has 1 aliphatic rings. The van der Waals surface area contributed by atoms with Gasteiger partial charge in [-0.2, -0.15) is 5.10 Å². The van der Waals surface area contributed by atoms with E-state index in [0.717, 1.165) is 54.7 Å². The summed E-state index contributed by atoms with van der Waals surface area (Å²) in [5, 5.41) is 15.8. The lowest BCUT2D eigenvalue weighted by atomic mass is 10.0. The molecule has 39 heavy (non-hydrogen) atoms. The number of carbonyl (C=O) groups excluding carboxylic acids is 2. The Kier molecular flexibility index (Phi) is 9.04. The number of rotatable bonds is 9. The largest absolute Gasteiger partial charge is 0.573 e. The first-order chi connectivity index (χ1) is 18.8. The summed E-state index contributed by atoms with van der Waals surface area (Å²) in [6, 6.07) is 14.7. The number of aldehydes is 1. The van der Waals surface area contributed by atoms with Crippen LogP contribution in [0.2, 0.25) is 0 Å². The van der Waals surface area contributed by atoms with E-state index in [1.807, 2.05) is 30.3 Å². The second-order valence-corrected chi connectivity index (χ2v) is 9.62. The fraction of sp³-hybridized carbons (Fsp3) is 0.308. The minimum absolute atomic E-state index is 0.00256. The molecule has 1 fully saturated rings. The molecule has 0 radical (unpaired) electrons. The minimum atomic E-state index is -4.91. The van der Waals surface area contributed by atoms with Crippen molar-refractivity contribution < 1.29 is 32.6 Å². The maximum absolute atomic E-state index is 12.7. The van der Waals surface area contributed by atoms with Gasteiger partial charge in [-0.25, -0.2) is 9.50 Å². The predicted molar refractivity (Wildman–Crippen MR) is 140 cm³/mol. The Hall–Kier alpha value is -3.68. The normalized spacial score (nSPS) is 14.0. The maximum Gasteiger partial charge on any atom is 0.573 e. The molecule has 1 saturated heterocycles. The summed E-state index contributed by atoms with van der Waals surface area (Å²) in [5.74, 6) is -0.0161. The molecule has 2 aromatic heterocycles. The minimum Gasteiger partial charge on any atom is -0.405 e. The fourth-order valence-corrected chi connectivity index (χ4v) is 5.27. The molecule has 3 heterocycles. The van der Waals surface area contributed by atoms with Gasteiger partial charge in [0.1, 0.15) is 12.0 Å². The number of halogens is 3. The molecular weight excluding hydrogens is 535 g/mol. The van der Waals surface area contributed by atoms with Gasteiger partial charge in [-0.1, -0.05) is 42.1 Å². The molecular formula is C26H26F3N5O4S. The molecule has 0 aliphatic carbocycles. The van der Waals surface area contributed by atoms with Gasteiger partial charge in [-0.15, -0.1) is 13.2 Å². The molecule has 1 aliphatic heterocycles. The first-order valence-corrected chi connectivity index (χ1v) is 12.9. The van der Waals surface area contributed by atoms with Crippen molar-refractivity contribution >= 4 is 40.4 Å². The van der Waals surface area contributed by atoms with Crippen LogP contribution >= 0.6 is 11.8 Å². The lowest BCUT2D eigenvalue weighted by Crippen LogP contribution is -2.48. The highest BCUT2D eigenvalue weighted by Crippen LogP contribution is 2.29. The van der Waals surface area contributed by atoms with Crippen molar-refractivity contribution in [1.29, 1.82) is 0 Å². The van der Waals surface area contributed by atoms with E-state index in [9.17, 15) is 22.8 Å². The topological polar surface area (TPSA) is 109 Å². The molecule has 0 bridgehead atoms. The van der Waals surface area contributed by atoms with E-state index >= 15 is 0 Å². The van der Waals surface area contributed by atoms with Gasteiger partial charge < -0.3 is 20.0 Å². The number of benzene rings is 2. The number of hydrogen-bond donors (Lipinski definition) is 2. The Balaban J connectivity index is 0.00000172. The van der Waals surface area contributed by atoms with Gasteiger partial charge in [-0.05, 0) is 30.2 Å². The summed E-state index contributed by atoms with van der Waals surface area (Å²) < 4.78 is 43.9. The first kappa shape index (κ1) is 28.3. The molecule has 2 aromatic carbocycles. The molecule has 1 amide bonds. The van der Waals surface area contributed by atoms with Crippen LogP contribution in [-0.2, 0) is 11.3 Å². The zero-order valence-electron chi connectivity index (χ0n) is 20.9. The number of para-hydroxylation sites is 2. The standard InChI is InChI=1S/C25H22F3N5O3S.CH4O/c26-25(27,28)36-22-8-4-2-6-19(22)23(35)29-12-17-11-21-18-5-1-3-7-20(18)30-24(33(21)31-17)37-15-16-13-32(14-16)9-10-34;1-2/h1-8,10-11,16H,9,12-15H2,(H,29,35);2H,1H3. The number of aliphatic hydroxyl groups excluding tert-OH is 1. The number of aromatic nitrogens is 3.